The van der Waals surface area contributed by atoms with Crippen LogP contribution in [0.1, 0.15) is 31.9 Å². The van der Waals surface area contributed by atoms with E-state index in [9.17, 15) is 5.11 Å². The molecule has 0 aliphatic carbocycles. The summed E-state index contributed by atoms with van der Waals surface area (Å²) in [5, 5.41) is 10.3. The third kappa shape index (κ3) is 2.45. The van der Waals surface area contributed by atoms with E-state index >= 15 is 0 Å². The van der Waals surface area contributed by atoms with Gasteiger partial charge in [-0.3, -0.25) is 4.90 Å². The molecule has 1 aromatic rings. The molecule has 2 rings (SSSR count). The molecule has 0 spiro atoms. The van der Waals surface area contributed by atoms with Gasteiger partial charge < -0.3 is 5.11 Å². The fourth-order valence-corrected chi connectivity index (χ4v) is 2.47. The van der Waals surface area contributed by atoms with Crippen molar-refractivity contribution in [3.63, 3.8) is 0 Å². The van der Waals surface area contributed by atoms with E-state index in [1.807, 2.05) is 30.3 Å². The predicted molar refractivity (Wildman–Crippen MR) is 66.2 cm³/mol. The van der Waals surface area contributed by atoms with Crippen LogP contribution in [0.4, 0.5) is 0 Å². The highest BCUT2D eigenvalue weighted by Crippen LogP contribution is 2.25. The Kier molecular flexibility index (Phi) is 3.62. The molecule has 3 atom stereocenters. The maximum atomic E-state index is 10.3. The van der Waals surface area contributed by atoms with E-state index in [1.165, 1.54) is 6.42 Å². The molecule has 1 aliphatic heterocycles. The lowest BCUT2D eigenvalue weighted by Crippen LogP contribution is -2.35. The summed E-state index contributed by atoms with van der Waals surface area (Å²) >= 11 is 0. The van der Waals surface area contributed by atoms with Crippen LogP contribution in [0.3, 0.4) is 0 Å². The average Bonchev–Trinajstić information content (AvgIpc) is 2.75. The molecule has 16 heavy (non-hydrogen) atoms. The zero-order chi connectivity index (χ0) is 11.5. The van der Waals surface area contributed by atoms with Crippen molar-refractivity contribution < 1.29 is 5.11 Å². The van der Waals surface area contributed by atoms with E-state index in [0.29, 0.717) is 0 Å². The normalized spacial score (nSPS) is 25.6. The Morgan fingerprint density at radius 2 is 2.00 bits per heavy atom. The first kappa shape index (κ1) is 11.6. The summed E-state index contributed by atoms with van der Waals surface area (Å²) in [7, 11) is 0. The van der Waals surface area contributed by atoms with Gasteiger partial charge in [0, 0.05) is 12.6 Å². The van der Waals surface area contributed by atoms with Gasteiger partial charge >= 0.3 is 0 Å². The van der Waals surface area contributed by atoms with Crippen LogP contribution < -0.4 is 0 Å². The molecule has 88 valence electrons. The van der Waals surface area contributed by atoms with Crippen LogP contribution in [0.15, 0.2) is 30.3 Å². The Hall–Kier alpha value is -0.860. The molecule has 1 aliphatic rings. The topological polar surface area (TPSA) is 23.5 Å². The van der Waals surface area contributed by atoms with Gasteiger partial charge in [0.25, 0.3) is 0 Å². The molecule has 0 radical (unpaired) electrons. The minimum absolute atomic E-state index is 0.215. The summed E-state index contributed by atoms with van der Waals surface area (Å²) in [5.41, 5.74) is 1.02. The van der Waals surface area contributed by atoms with Crippen LogP contribution in [-0.4, -0.2) is 29.1 Å². The Balaban J connectivity index is 2.02. The molecule has 0 amide bonds. The molecular weight excluding hydrogens is 198 g/mol. The maximum absolute atomic E-state index is 10.3. The van der Waals surface area contributed by atoms with Crippen LogP contribution in [0.2, 0.25) is 0 Å². The number of hydrogen-bond acceptors (Lipinski definition) is 2. The van der Waals surface area contributed by atoms with Gasteiger partial charge in [-0.05, 0) is 31.4 Å². The maximum Gasteiger partial charge on any atom is 0.0942 e. The Morgan fingerprint density at radius 1 is 1.31 bits per heavy atom. The molecule has 3 unspecified atom stereocenters. The molecule has 2 nitrogen and oxygen atoms in total. The highest BCUT2D eigenvalue weighted by molar-refractivity contribution is 5.18. The Morgan fingerprint density at radius 3 is 2.56 bits per heavy atom. The highest BCUT2D eigenvalue weighted by atomic mass is 16.3. The van der Waals surface area contributed by atoms with Crippen LogP contribution in [-0.2, 0) is 0 Å². The van der Waals surface area contributed by atoms with E-state index < -0.39 is 0 Å². The lowest BCUT2D eigenvalue weighted by Gasteiger charge is -2.28. The molecule has 1 heterocycles. The first-order valence-corrected chi connectivity index (χ1v) is 6.15. The molecule has 1 N–H and O–H groups in total. The fourth-order valence-electron chi connectivity index (χ4n) is 2.47. The fraction of sp³-hybridized carbons (Fsp3) is 0.571. The van der Waals surface area contributed by atoms with Gasteiger partial charge in [0.15, 0.2) is 0 Å². The predicted octanol–water partition coefficient (Wildman–Crippen LogP) is 2.45. The zero-order valence-electron chi connectivity index (χ0n) is 10.1. The molecule has 1 fully saturated rings. The Labute approximate surface area is 97.9 Å². The summed E-state index contributed by atoms with van der Waals surface area (Å²) in [4.78, 5) is 2.39. The zero-order valence-corrected chi connectivity index (χ0v) is 10.1. The van der Waals surface area contributed by atoms with Crippen molar-refractivity contribution in [3.05, 3.63) is 35.9 Å². The molecule has 2 heteroatoms. The van der Waals surface area contributed by atoms with Gasteiger partial charge in [0.05, 0.1) is 6.10 Å². The van der Waals surface area contributed by atoms with Crippen LogP contribution in [0, 0.1) is 5.92 Å². The smallest absolute Gasteiger partial charge is 0.0942 e. The third-order valence-electron chi connectivity index (χ3n) is 3.63. The molecule has 1 saturated heterocycles. The second kappa shape index (κ2) is 4.98. The molecular formula is C14H21NO. The van der Waals surface area contributed by atoms with Gasteiger partial charge in [-0.2, -0.15) is 0 Å². The van der Waals surface area contributed by atoms with Crippen molar-refractivity contribution in [2.24, 2.45) is 5.92 Å². The van der Waals surface area contributed by atoms with Gasteiger partial charge in [0.1, 0.15) is 0 Å². The largest absolute Gasteiger partial charge is 0.387 e. The van der Waals surface area contributed by atoms with Crippen molar-refractivity contribution in [1.82, 2.24) is 4.90 Å². The quantitative estimate of drug-likeness (QED) is 0.844. The van der Waals surface area contributed by atoms with Crippen molar-refractivity contribution in [2.45, 2.75) is 32.4 Å². The monoisotopic (exact) mass is 219 g/mol. The van der Waals surface area contributed by atoms with Crippen molar-refractivity contribution in [2.75, 3.05) is 13.1 Å². The van der Waals surface area contributed by atoms with Gasteiger partial charge in [-0.1, -0.05) is 37.3 Å². The minimum Gasteiger partial charge on any atom is -0.387 e. The Bertz CT molecular complexity index is 325. The highest BCUT2D eigenvalue weighted by Gasteiger charge is 2.28. The molecule has 1 aromatic carbocycles. The van der Waals surface area contributed by atoms with E-state index in [-0.39, 0.29) is 12.1 Å². The third-order valence-corrected chi connectivity index (χ3v) is 3.63. The summed E-state index contributed by atoms with van der Waals surface area (Å²) in [6, 6.07) is 10.2. The number of nitrogens with zero attached hydrogens (tertiary/aromatic N) is 1. The van der Waals surface area contributed by atoms with E-state index in [4.69, 9.17) is 0 Å². The van der Waals surface area contributed by atoms with Crippen molar-refractivity contribution >= 4 is 0 Å². The summed E-state index contributed by atoms with van der Waals surface area (Å²) in [5.74, 6) is 0.769. The first-order valence-electron chi connectivity index (χ1n) is 6.15. The molecule has 0 aromatic heterocycles. The second-order valence-electron chi connectivity index (χ2n) is 4.98. The minimum atomic E-state index is -0.369. The van der Waals surface area contributed by atoms with E-state index in [2.05, 4.69) is 18.7 Å². The van der Waals surface area contributed by atoms with Gasteiger partial charge in [-0.15, -0.1) is 0 Å². The van der Waals surface area contributed by atoms with E-state index in [1.54, 1.807) is 0 Å². The van der Waals surface area contributed by atoms with Crippen LogP contribution >= 0.6 is 0 Å². The SMILES string of the molecule is CC1CCN(C(C)C(O)c2ccccc2)C1. The van der Waals surface area contributed by atoms with E-state index in [0.717, 1.165) is 24.6 Å². The lowest BCUT2D eigenvalue weighted by molar-refractivity contribution is 0.0698. The standard InChI is InChI=1S/C14H21NO/c1-11-8-9-15(10-11)12(2)14(16)13-6-4-3-5-7-13/h3-7,11-12,14,16H,8-10H2,1-2H3. The van der Waals surface area contributed by atoms with Gasteiger partial charge in [-0.25, -0.2) is 0 Å². The van der Waals surface area contributed by atoms with Crippen LogP contribution in [0.5, 0.6) is 0 Å². The molecule has 0 bridgehead atoms. The molecule has 0 saturated carbocycles. The van der Waals surface area contributed by atoms with Crippen molar-refractivity contribution in [3.8, 4) is 0 Å². The first-order chi connectivity index (χ1) is 7.68. The summed E-state index contributed by atoms with van der Waals surface area (Å²) < 4.78 is 0. The number of rotatable bonds is 3. The van der Waals surface area contributed by atoms with Gasteiger partial charge in [0.2, 0.25) is 0 Å². The average molecular weight is 219 g/mol. The lowest BCUT2D eigenvalue weighted by atomic mass is 10.0. The summed E-state index contributed by atoms with van der Waals surface area (Å²) in [6.07, 6.45) is 0.887. The summed E-state index contributed by atoms with van der Waals surface area (Å²) in [6.45, 7) is 6.63. The number of aliphatic hydroxyl groups excluding tert-OH is 1. The van der Waals surface area contributed by atoms with Crippen LogP contribution in [0.25, 0.3) is 0 Å². The number of hydrogen-bond donors (Lipinski definition) is 1. The number of aliphatic hydroxyl groups is 1. The number of benzene rings is 1. The second-order valence-corrected chi connectivity index (χ2v) is 4.98. The number of likely N-dealkylation sites (tertiary alicyclic amines) is 1. The van der Waals surface area contributed by atoms with Crippen molar-refractivity contribution in [1.29, 1.82) is 0 Å².